The molecule has 0 aliphatic rings. The van der Waals surface area contributed by atoms with Crippen LogP contribution in [0.15, 0.2) is 18.2 Å². The van der Waals surface area contributed by atoms with Gasteiger partial charge in [-0.3, -0.25) is 5.73 Å². The molecular formula is C9H11BrN2S. The number of nitrogens with two attached hydrogens (primary N) is 1. The molecule has 0 unspecified atom stereocenters. The van der Waals surface area contributed by atoms with E-state index >= 15 is 0 Å². The number of halogens is 1. The minimum absolute atomic E-state index is 0. The van der Waals surface area contributed by atoms with Gasteiger partial charge in [0, 0.05) is 0 Å². The fourth-order valence-electron chi connectivity index (χ4n) is 1.35. The van der Waals surface area contributed by atoms with Crippen LogP contribution in [-0.2, 0) is 0 Å². The summed E-state index contributed by atoms with van der Waals surface area (Å²) in [6.07, 6.45) is 0. The second kappa shape index (κ2) is 3.64. The second-order valence-corrected chi connectivity index (χ2v) is 4.12. The third-order valence-electron chi connectivity index (χ3n) is 2.01. The Balaban J connectivity index is 0.000000845. The normalized spacial score (nSPS) is 10.0. The van der Waals surface area contributed by atoms with Crippen molar-refractivity contribution in [2.45, 2.75) is 13.8 Å². The highest BCUT2D eigenvalue weighted by Gasteiger charge is 2.12. The molecule has 2 aromatic rings. The predicted molar refractivity (Wildman–Crippen MR) is 51.4 cm³/mol. The Bertz CT molecular complexity index is 436. The summed E-state index contributed by atoms with van der Waals surface area (Å²) >= 11 is 1.73. The van der Waals surface area contributed by atoms with Crippen molar-refractivity contribution in [1.82, 2.24) is 0 Å². The Morgan fingerprint density at radius 3 is 2.62 bits per heavy atom. The summed E-state index contributed by atoms with van der Waals surface area (Å²) in [5, 5.41) is 0. The van der Waals surface area contributed by atoms with Crippen molar-refractivity contribution in [2.24, 2.45) is 0 Å². The van der Waals surface area contributed by atoms with Gasteiger partial charge in [-0.1, -0.05) is 17.4 Å². The molecule has 0 aromatic carbocycles. The Hall–Kier alpha value is -0.610. The lowest BCUT2D eigenvalue weighted by Gasteiger charge is -1.92. The number of nitrogen functional groups attached to an aromatic ring is 1. The molecule has 13 heavy (non-hydrogen) atoms. The molecule has 4 heteroatoms. The number of fused-ring (bicyclic) bond motifs is 1. The van der Waals surface area contributed by atoms with E-state index in [1.165, 1.54) is 15.4 Å². The maximum absolute atomic E-state index is 5.91. The summed E-state index contributed by atoms with van der Waals surface area (Å²) in [5.74, 6) is 0.869. The zero-order chi connectivity index (χ0) is 8.72. The summed E-state index contributed by atoms with van der Waals surface area (Å²) in [6.45, 7) is 4.11. The Morgan fingerprint density at radius 2 is 2.00 bits per heavy atom. The van der Waals surface area contributed by atoms with Crippen LogP contribution in [-0.4, -0.2) is 0 Å². The largest absolute Gasteiger partial charge is 1.00 e. The molecule has 70 valence electrons. The van der Waals surface area contributed by atoms with Gasteiger partial charge in [-0.05, 0) is 26.0 Å². The van der Waals surface area contributed by atoms with E-state index in [2.05, 4.69) is 29.5 Å². The molecule has 2 nitrogen and oxygen atoms in total. The summed E-state index contributed by atoms with van der Waals surface area (Å²) < 4.78 is 2.08. The van der Waals surface area contributed by atoms with Gasteiger partial charge in [-0.2, -0.15) is 4.40 Å². The molecule has 2 rings (SSSR count). The van der Waals surface area contributed by atoms with E-state index in [4.69, 9.17) is 5.73 Å². The highest BCUT2D eigenvalue weighted by Crippen LogP contribution is 2.18. The van der Waals surface area contributed by atoms with Crippen molar-refractivity contribution in [3.05, 3.63) is 28.8 Å². The topological polar surface area (TPSA) is 30.1 Å². The first kappa shape index (κ1) is 10.5. The summed E-state index contributed by atoms with van der Waals surface area (Å²) in [4.78, 5) is 2.40. The third kappa shape index (κ3) is 1.56. The van der Waals surface area contributed by atoms with Crippen LogP contribution in [0.5, 0.6) is 0 Å². The van der Waals surface area contributed by atoms with Crippen LogP contribution >= 0.6 is 11.3 Å². The number of hydrogen-bond acceptors (Lipinski definition) is 2. The molecule has 2 N–H and O–H groups in total. The molecule has 0 atom stereocenters. The highest BCUT2D eigenvalue weighted by atomic mass is 79.9. The molecule has 0 saturated carbocycles. The van der Waals surface area contributed by atoms with E-state index in [1.54, 1.807) is 11.3 Å². The first-order valence-electron chi connectivity index (χ1n) is 3.86. The lowest BCUT2D eigenvalue weighted by atomic mass is 10.4. The van der Waals surface area contributed by atoms with Crippen molar-refractivity contribution < 1.29 is 21.4 Å². The van der Waals surface area contributed by atoms with Crippen LogP contribution in [0.3, 0.4) is 0 Å². The van der Waals surface area contributed by atoms with Crippen molar-refractivity contribution in [2.75, 3.05) is 5.73 Å². The SMILES string of the molecule is Cc1sc2cccc(C)[n+]2c1N.[Br-]. The maximum atomic E-state index is 5.91. The quantitative estimate of drug-likeness (QED) is 0.585. The van der Waals surface area contributed by atoms with Crippen molar-refractivity contribution in [3.8, 4) is 0 Å². The number of pyridine rings is 1. The van der Waals surface area contributed by atoms with E-state index < -0.39 is 0 Å². The van der Waals surface area contributed by atoms with Gasteiger partial charge < -0.3 is 17.0 Å². The number of hydrogen-bond donors (Lipinski definition) is 1. The molecule has 0 radical (unpaired) electrons. The van der Waals surface area contributed by atoms with Gasteiger partial charge in [-0.25, -0.2) is 0 Å². The average molecular weight is 259 g/mol. The average Bonchev–Trinajstić information content (AvgIpc) is 2.29. The van der Waals surface area contributed by atoms with Gasteiger partial charge in [0.15, 0.2) is 4.83 Å². The Kier molecular flexibility index (Phi) is 2.93. The van der Waals surface area contributed by atoms with E-state index in [-0.39, 0.29) is 17.0 Å². The number of aryl methyl sites for hydroxylation is 2. The van der Waals surface area contributed by atoms with E-state index in [9.17, 15) is 0 Å². The highest BCUT2D eigenvalue weighted by molar-refractivity contribution is 7.17. The molecule has 0 aliphatic heterocycles. The summed E-state index contributed by atoms with van der Waals surface area (Å²) in [6, 6.07) is 6.20. The van der Waals surface area contributed by atoms with Crippen molar-refractivity contribution in [3.63, 3.8) is 0 Å². The zero-order valence-corrected chi connectivity index (χ0v) is 9.95. The van der Waals surface area contributed by atoms with E-state index in [0.29, 0.717) is 0 Å². The van der Waals surface area contributed by atoms with Crippen LogP contribution in [0, 0.1) is 13.8 Å². The molecule has 2 aromatic heterocycles. The number of nitrogens with zero attached hydrogens (tertiary/aromatic N) is 1. The number of rotatable bonds is 0. The standard InChI is InChI=1S/C9H11N2S.BrH/c1-6-4-3-5-8-11(6)9(10)7(2)12-8;/h3-5H,10H2,1-2H3;1H/q+1;/p-1. The maximum Gasteiger partial charge on any atom is 0.291 e. The first-order chi connectivity index (χ1) is 5.70. The number of aromatic nitrogens is 1. The molecule has 0 amide bonds. The second-order valence-electron chi connectivity index (χ2n) is 2.88. The van der Waals surface area contributed by atoms with Crippen LogP contribution in [0.1, 0.15) is 10.6 Å². The smallest absolute Gasteiger partial charge is 0.291 e. The monoisotopic (exact) mass is 258 g/mol. The van der Waals surface area contributed by atoms with Crippen LogP contribution in [0.25, 0.3) is 4.83 Å². The lowest BCUT2D eigenvalue weighted by molar-refractivity contribution is -0.499. The van der Waals surface area contributed by atoms with E-state index in [0.717, 1.165) is 5.82 Å². The molecule has 0 fully saturated rings. The van der Waals surface area contributed by atoms with Crippen LogP contribution < -0.4 is 27.1 Å². The molecule has 0 bridgehead atoms. The van der Waals surface area contributed by atoms with Crippen LogP contribution in [0.4, 0.5) is 5.82 Å². The van der Waals surface area contributed by atoms with Crippen molar-refractivity contribution in [1.29, 1.82) is 0 Å². The molecular weight excluding hydrogens is 248 g/mol. The van der Waals surface area contributed by atoms with Crippen LogP contribution in [0.2, 0.25) is 0 Å². The van der Waals surface area contributed by atoms with Gasteiger partial charge in [-0.15, -0.1) is 0 Å². The third-order valence-corrected chi connectivity index (χ3v) is 3.05. The fraction of sp³-hybridized carbons (Fsp3) is 0.222. The minimum atomic E-state index is 0. The Morgan fingerprint density at radius 1 is 1.31 bits per heavy atom. The molecule has 0 spiro atoms. The van der Waals surface area contributed by atoms with E-state index in [1.807, 2.05) is 6.92 Å². The lowest BCUT2D eigenvalue weighted by Crippen LogP contribution is -3.00. The van der Waals surface area contributed by atoms with Gasteiger partial charge in [0.1, 0.15) is 5.69 Å². The predicted octanol–water partition coefficient (Wildman–Crippen LogP) is -1.31. The number of thiazole rings is 1. The van der Waals surface area contributed by atoms with Gasteiger partial charge in [0.2, 0.25) is 0 Å². The van der Waals surface area contributed by atoms with Gasteiger partial charge in [0.05, 0.1) is 4.88 Å². The minimum Gasteiger partial charge on any atom is -1.00 e. The van der Waals surface area contributed by atoms with Gasteiger partial charge >= 0.3 is 0 Å². The molecule has 0 aliphatic carbocycles. The summed E-state index contributed by atoms with van der Waals surface area (Å²) in [7, 11) is 0. The Labute approximate surface area is 91.8 Å². The fourth-order valence-corrected chi connectivity index (χ4v) is 2.34. The zero-order valence-electron chi connectivity index (χ0n) is 7.54. The first-order valence-corrected chi connectivity index (χ1v) is 4.68. The van der Waals surface area contributed by atoms with Crippen molar-refractivity contribution >= 4 is 22.0 Å². The molecule has 0 saturated heterocycles. The summed E-state index contributed by atoms with van der Waals surface area (Å²) in [5.41, 5.74) is 7.10. The molecule has 2 heterocycles. The number of anilines is 1. The van der Waals surface area contributed by atoms with Gasteiger partial charge in [0.25, 0.3) is 5.82 Å².